The molecule has 2 atom stereocenters. The molecule has 2 fully saturated rings. The molecule has 2 bridgehead atoms. The molecule has 0 saturated carbocycles. The summed E-state index contributed by atoms with van der Waals surface area (Å²) < 4.78 is 31.8. The van der Waals surface area contributed by atoms with Crippen molar-refractivity contribution in [1.29, 1.82) is 0 Å². The molecule has 184 valence electrons. The summed E-state index contributed by atoms with van der Waals surface area (Å²) in [6.45, 7) is 10.1. The third kappa shape index (κ3) is 3.75. The van der Waals surface area contributed by atoms with E-state index in [1.807, 2.05) is 0 Å². The largest absolute Gasteiger partial charge is 0.379 e. The molecule has 0 aromatic heterocycles. The van der Waals surface area contributed by atoms with Gasteiger partial charge < -0.3 is 9.47 Å². The van der Waals surface area contributed by atoms with Crippen LogP contribution in [0.4, 0.5) is 0 Å². The normalized spacial score (nSPS) is 28.2. The van der Waals surface area contributed by atoms with Crippen molar-refractivity contribution in [2.75, 3.05) is 58.8 Å². The van der Waals surface area contributed by atoms with Crippen molar-refractivity contribution in [2.45, 2.75) is 13.8 Å². The van der Waals surface area contributed by atoms with Crippen LogP contribution < -0.4 is 0 Å². The van der Waals surface area contributed by atoms with Gasteiger partial charge in [0.1, 0.15) is 0 Å². The molecule has 35 heavy (non-hydrogen) atoms. The highest BCUT2D eigenvalue weighted by Gasteiger charge is 2.59. The number of rotatable bonds is 5. The van der Waals surface area contributed by atoms with Crippen LogP contribution in [0.1, 0.15) is 25.0 Å². The molecule has 4 aliphatic rings. The standard InChI is InChI=1S/C28H34N2O3P2/c1-22-26(24-11-7-4-8-12-24)34-21-28(22,2)25(23-9-5-3-6-10-23)27(34)35(31,29-13-17-32-18-14-29)30-15-19-33-20-16-30/h3-12H,13-21H2,1-2H3. The van der Waals surface area contributed by atoms with E-state index in [4.69, 9.17) is 9.47 Å². The number of morpholine rings is 2. The van der Waals surface area contributed by atoms with Gasteiger partial charge in [-0.05, 0) is 43.0 Å². The number of ether oxygens (including phenoxy) is 2. The van der Waals surface area contributed by atoms with Gasteiger partial charge in [0.05, 0.1) is 31.5 Å². The maximum Gasteiger partial charge on any atom is 0.247 e. The van der Waals surface area contributed by atoms with Crippen LogP contribution in [0.3, 0.4) is 0 Å². The molecule has 2 aromatic rings. The minimum Gasteiger partial charge on any atom is -0.379 e. The van der Waals surface area contributed by atoms with E-state index in [0.29, 0.717) is 52.6 Å². The molecule has 2 aromatic carbocycles. The fraction of sp³-hybridized carbons (Fsp3) is 0.429. The van der Waals surface area contributed by atoms with Crippen molar-refractivity contribution in [3.63, 3.8) is 0 Å². The van der Waals surface area contributed by atoms with E-state index >= 15 is 4.57 Å². The third-order valence-electron chi connectivity index (χ3n) is 8.09. The first-order chi connectivity index (χ1) is 17.0. The third-order valence-corrected chi connectivity index (χ3v) is 15.5. The smallest absolute Gasteiger partial charge is 0.247 e. The number of hydrogen-bond acceptors (Lipinski definition) is 3. The van der Waals surface area contributed by atoms with E-state index in [1.54, 1.807) is 0 Å². The van der Waals surface area contributed by atoms with Gasteiger partial charge in [0.2, 0.25) is 7.44 Å². The summed E-state index contributed by atoms with van der Waals surface area (Å²) in [5.74, 6) is 0. The Hall–Kier alpha value is -1.58. The monoisotopic (exact) mass is 508 g/mol. The number of nitrogens with zero attached hydrogens (tertiary/aromatic N) is 2. The molecule has 0 spiro atoms. The second-order valence-electron chi connectivity index (χ2n) is 10.00. The van der Waals surface area contributed by atoms with Crippen LogP contribution in [-0.2, 0) is 14.0 Å². The summed E-state index contributed by atoms with van der Waals surface area (Å²) in [4.78, 5) is 0. The van der Waals surface area contributed by atoms with Crippen LogP contribution in [-0.4, -0.2) is 68.1 Å². The Kier molecular flexibility index (Phi) is 6.38. The molecule has 2 saturated heterocycles. The summed E-state index contributed by atoms with van der Waals surface area (Å²) in [5, 5.41) is 2.67. The highest BCUT2D eigenvalue weighted by Crippen LogP contribution is 2.87. The van der Waals surface area contributed by atoms with Crippen molar-refractivity contribution in [2.24, 2.45) is 5.41 Å². The van der Waals surface area contributed by atoms with E-state index in [2.05, 4.69) is 83.9 Å². The van der Waals surface area contributed by atoms with Crippen molar-refractivity contribution < 1.29 is 14.0 Å². The molecule has 4 aliphatic heterocycles. The maximum atomic E-state index is 15.8. The molecule has 6 rings (SSSR count). The van der Waals surface area contributed by atoms with E-state index < -0.39 is 15.4 Å². The zero-order chi connectivity index (χ0) is 24.0. The zero-order valence-electron chi connectivity index (χ0n) is 20.7. The number of allylic oxidation sites excluding steroid dienone is 2. The van der Waals surface area contributed by atoms with Gasteiger partial charge in [0, 0.05) is 31.6 Å². The molecule has 4 heterocycles. The van der Waals surface area contributed by atoms with Crippen LogP contribution in [0.5, 0.6) is 0 Å². The first kappa shape index (κ1) is 23.8. The fourth-order valence-corrected chi connectivity index (χ4v) is 15.0. The van der Waals surface area contributed by atoms with Gasteiger partial charge in [-0.1, -0.05) is 73.2 Å². The summed E-state index contributed by atoms with van der Waals surface area (Å²) in [6.07, 6.45) is 1.05. The van der Waals surface area contributed by atoms with E-state index in [1.165, 1.54) is 32.6 Å². The van der Waals surface area contributed by atoms with Gasteiger partial charge in [-0.25, -0.2) is 9.34 Å². The molecule has 2 unspecified atom stereocenters. The van der Waals surface area contributed by atoms with Crippen LogP contribution in [0.15, 0.2) is 71.3 Å². The number of hydrogen-bond donors (Lipinski definition) is 0. The first-order valence-electron chi connectivity index (χ1n) is 12.7. The quantitative estimate of drug-likeness (QED) is 0.453. The molecule has 7 heteroatoms. The summed E-state index contributed by atoms with van der Waals surface area (Å²) in [7, 11) is -3.76. The number of benzene rings is 2. The Bertz CT molecular complexity index is 1180. The predicted octanol–water partition coefficient (Wildman–Crippen LogP) is 6.16. The molecular formula is C28H34N2O3P2. The highest BCUT2D eigenvalue weighted by atomic mass is 31.2. The summed E-state index contributed by atoms with van der Waals surface area (Å²) in [5.41, 5.74) is 5.18. The Balaban J connectivity index is 1.60. The Morgan fingerprint density at radius 2 is 1.29 bits per heavy atom. The first-order valence-corrected chi connectivity index (χ1v) is 15.8. The summed E-state index contributed by atoms with van der Waals surface area (Å²) >= 11 is 0. The molecule has 0 aliphatic carbocycles. The van der Waals surface area contributed by atoms with E-state index in [-0.39, 0.29) is 5.41 Å². The molecule has 0 amide bonds. The second kappa shape index (κ2) is 9.38. The lowest BCUT2D eigenvalue weighted by Gasteiger charge is -2.45. The van der Waals surface area contributed by atoms with Crippen molar-refractivity contribution >= 4 is 26.3 Å². The van der Waals surface area contributed by atoms with Gasteiger partial charge >= 0.3 is 0 Å². The lowest BCUT2D eigenvalue weighted by Crippen LogP contribution is -2.43. The molecular weight excluding hydrogens is 474 g/mol. The van der Waals surface area contributed by atoms with Crippen molar-refractivity contribution in [3.05, 3.63) is 82.4 Å². The van der Waals surface area contributed by atoms with Crippen LogP contribution >= 0.6 is 15.4 Å². The van der Waals surface area contributed by atoms with Gasteiger partial charge in [0.15, 0.2) is 0 Å². The lowest BCUT2D eigenvalue weighted by atomic mass is 9.75. The molecule has 0 radical (unpaired) electrons. The van der Waals surface area contributed by atoms with Gasteiger partial charge in [-0.2, -0.15) is 0 Å². The minimum atomic E-state index is -3.03. The average molecular weight is 509 g/mol. The Morgan fingerprint density at radius 1 is 0.800 bits per heavy atom. The summed E-state index contributed by atoms with van der Waals surface area (Å²) in [6, 6.07) is 21.6. The fourth-order valence-electron chi connectivity index (χ4n) is 6.23. The average Bonchev–Trinajstić information content (AvgIpc) is 3.38. The van der Waals surface area contributed by atoms with Gasteiger partial charge in [-0.3, -0.25) is 4.57 Å². The maximum absolute atomic E-state index is 15.8. The lowest BCUT2D eigenvalue weighted by molar-refractivity contribution is 0.0535. The van der Waals surface area contributed by atoms with Crippen LogP contribution in [0, 0.1) is 5.41 Å². The second-order valence-corrected chi connectivity index (χ2v) is 15.1. The van der Waals surface area contributed by atoms with Gasteiger partial charge in [-0.15, -0.1) is 0 Å². The SMILES string of the molecule is CC1=C(c2ccccc2)P2CC1(C)C(c1ccccc1)=C2P(=O)(N1CCOCC1)N1CCOCC1. The Labute approximate surface area is 210 Å². The topological polar surface area (TPSA) is 42.0 Å². The minimum absolute atomic E-state index is 0.109. The van der Waals surface area contributed by atoms with Crippen LogP contribution in [0.25, 0.3) is 10.9 Å². The molecule has 5 nitrogen and oxygen atoms in total. The van der Waals surface area contributed by atoms with E-state index in [9.17, 15) is 0 Å². The van der Waals surface area contributed by atoms with Crippen LogP contribution in [0.2, 0.25) is 0 Å². The zero-order valence-corrected chi connectivity index (χ0v) is 22.4. The highest BCUT2D eigenvalue weighted by molar-refractivity contribution is 7.88. The molecule has 0 N–H and O–H groups in total. The van der Waals surface area contributed by atoms with E-state index in [0.717, 1.165) is 6.16 Å². The Morgan fingerprint density at radius 3 is 1.80 bits per heavy atom. The number of fused-ring (bicyclic) bond motifs is 2. The van der Waals surface area contributed by atoms with Gasteiger partial charge in [0.25, 0.3) is 0 Å². The predicted molar refractivity (Wildman–Crippen MR) is 145 cm³/mol. The van der Waals surface area contributed by atoms with Crippen molar-refractivity contribution in [1.82, 2.24) is 9.34 Å². The van der Waals surface area contributed by atoms with Crippen molar-refractivity contribution in [3.8, 4) is 0 Å².